The fourth-order valence-corrected chi connectivity index (χ4v) is 4.43. The van der Waals surface area contributed by atoms with Crippen LogP contribution in [0.25, 0.3) is 21.8 Å². The Balaban J connectivity index is 1.88. The minimum Gasteiger partial charge on any atom is -0.349 e. The average molecular weight is 320 g/mol. The van der Waals surface area contributed by atoms with Crippen LogP contribution in [0.3, 0.4) is 0 Å². The van der Waals surface area contributed by atoms with Crippen LogP contribution >= 0.6 is 11.8 Å². The molecule has 0 aliphatic rings. The Morgan fingerprint density at radius 2 is 1.13 bits per heavy atom. The summed E-state index contributed by atoms with van der Waals surface area (Å²) in [6, 6.07) is 13.3. The number of aromatic nitrogens is 2. The van der Waals surface area contributed by atoms with Crippen LogP contribution in [-0.2, 0) is 14.1 Å². The summed E-state index contributed by atoms with van der Waals surface area (Å²) in [6.45, 7) is 4.31. The highest BCUT2D eigenvalue weighted by molar-refractivity contribution is 7.99. The zero-order chi connectivity index (χ0) is 16.1. The highest BCUT2D eigenvalue weighted by atomic mass is 32.2. The lowest BCUT2D eigenvalue weighted by atomic mass is 10.2. The predicted octanol–water partition coefficient (Wildman–Crippen LogP) is 5.44. The van der Waals surface area contributed by atoms with Gasteiger partial charge in [0, 0.05) is 58.1 Å². The molecule has 3 heteroatoms. The van der Waals surface area contributed by atoms with E-state index in [1.165, 1.54) is 42.7 Å². The van der Waals surface area contributed by atoms with E-state index in [4.69, 9.17) is 0 Å². The third-order valence-electron chi connectivity index (χ3n) is 4.44. The van der Waals surface area contributed by atoms with Gasteiger partial charge in [0.1, 0.15) is 0 Å². The molecule has 0 saturated carbocycles. The number of fused-ring (bicyclic) bond motifs is 2. The van der Waals surface area contributed by atoms with Crippen LogP contribution in [0.15, 0.2) is 58.6 Å². The van der Waals surface area contributed by atoms with E-state index in [0.717, 1.165) is 0 Å². The van der Waals surface area contributed by atoms with Crippen molar-refractivity contribution in [3.63, 3.8) is 0 Å². The molecule has 2 nitrogen and oxygen atoms in total. The van der Waals surface area contributed by atoms with E-state index in [1.54, 1.807) is 0 Å². The van der Waals surface area contributed by atoms with Gasteiger partial charge in [0.15, 0.2) is 0 Å². The normalized spacial score (nSPS) is 11.7. The second-order valence-corrected chi connectivity index (χ2v) is 7.44. The van der Waals surface area contributed by atoms with E-state index in [1.807, 2.05) is 11.8 Å². The molecule has 0 bridgehead atoms. The Hall–Kier alpha value is -2.13. The highest BCUT2D eigenvalue weighted by Gasteiger charge is 2.12. The van der Waals surface area contributed by atoms with Crippen molar-refractivity contribution in [1.29, 1.82) is 0 Å². The number of hydrogen-bond donors (Lipinski definition) is 0. The molecule has 4 rings (SSSR count). The molecule has 0 atom stereocenters. The molecular formula is C20H20N2S. The summed E-state index contributed by atoms with van der Waals surface area (Å²) in [5.41, 5.74) is 5.18. The van der Waals surface area contributed by atoms with Gasteiger partial charge in [-0.25, -0.2) is 0 Å². The fourth-order valence-electron chi connectivity index (χ4n) is 3.22. The third-order valence-corrected chi connectivity index (χ3v) is 5.53. The van der Waals surface area contributed by atoms with Crippen molar-refractivity contribution < 1.29 is 0 Å². The zero-order valence-corrected chi connectivity index (χ0v) is 14.7. The maximum Gasteiger partial charge on any atom is 0.0489 e. The van der Waals surface area contributed by atoms with Gasteiger partial charge in [0.25, 0.3) is 0 Å². The monoisotopic (exact) mass is 320 g/mol. The van der Waals surface area contributed by atoms with Crippen molar-refractivity contribution in [3.05, 3.63) is 59.9 Å². The fraction of sp³-hybridized carbons (Fsp3) is 0.200. The van der Waals surface area contributed by atoms with Crippen molar-refractivity contribution in [2.75, 3.05) is 0 Å². The number of nitrogens with zero attached hydrogens (tertiary/aromatic N) is 2. The van der Waals surface area contributed by atoms with Gasteiger partial charge in [-0.3, -0.25) is 0 Å². The van der Waals surface area contributed by atoms with Crippen LogP contribution in [0, 0.1) is 13.8 Å². The lowest BCUT2D eigenvalue weighted by molar-refractivity contribution is 0.954. The summed E-state index contributed by atoms with van der Waals surface area (Å²) in [5.74, 6) is 0. The molecule has 2 heterocycles. The molecule has 0 amide bonds. The molecule has 23 heavy (non-hydrogen) atoms. The molecule has 0 saturated heterocycles. The Morgan fingerprint density at radius 1 is 0.696 bits per heavy atom. The summed E-state index contributed by atoms with van der Waals surface area (Å²) in [5, 5.41) is 2.67. The van der Waals surface area contributed by atoms with E-state index >= 15 is 0 Å². The van der Waals surface area contributed by atoms with Gasteiger partial charge in [0.2, 0.25) is 0 Å². The van der Waals surface area contributed by atoms with Crippen molar-refractivity contribution >= 4 is 33.6 Å². The van der Waals surface area contributed by atoms with E-state index < -0.39 is 0 Å². The van der Waals surface area contributed by atoms with E-state index in [-0.39, 0.29) is 0 Å². The first-order valence-electron chi connectivity index (χ1n) is 7.82. The molecule has 4 aromatic rings. The van der Waals surface area contributed by atoms with Crippen molar-refractivity contribution in [2.24, 2.45) is 14.1 Å². The minimum absolute atomic E-state index is 1.29. The Morgan fingerprint density at radius 3 is 1.57 bits per heavy atom. The number of hydrogen-bond acceptors (Lipinski definition) is 1. The van der Waals surface area contributed by atoms with Crippen LogP contribution in [0.2, 0.25) is 0 Å². The minimum atomic E-state index is 1.29. The van der Waals surface area contributed by atoms with Crippen LogP contribution < -0.4 is 0 Å². The van der Waals surface area contributed by atoms with E-state index in [0.29, 0.717) is 0 Å². The molecule has 2 aromatic carbocycles. The van der Waals surface area contributed by atoms with E-state index in [2.05, 4.69) is 85.9 Å². The highest BCUT2D eigenvalue weighted by Crippen LogP contribution is 2.39. The number of benzene rings is 2. The van der Waals surface area contributed by atoms with Crippen molar-refractivity contribution in [3.8, 4) is 0 Å². The molecule has 0 unspecified atom stereocenters. The van der Waals surface area contributed by atoms with Gasteiger partial charge in [-0.1, -0.05) is 35.0 Å². The first kappa shape index (κ1) is 14.5. The summed E-state index contributed by atoms with van der Waals surface area (Å²) in [4.78, 5) is 2.64. The van der Waals surface area contributed by atoms with Crippen molar-refractivity contribution in [2.45, 2.75) is 23.6 Å². The molecular weight excluding hydrogens is 300 g/mol. The van der Waals surface area contributed by atoms with E-state index in [9.17, 15) is 0 Å². The van der Waals surface area contributed by atoms with Gasteiger partial charge < -0.3 is 9.13 Å². The SMILES string of the molecule is Cc1ccc2c(c1)c(Sc1cn(C)c3ccc(C)cc13)cn2C. The summed E-state index contributed by atoms with van der Waals surface area (Å²) >= 11 is 1.86. The van der Waals surface area contributed by atoms with Gasteiger partial charge in [-0.2, -0.15) is 0 Å². The first-order chi connectivity index (χ1) is 11.0. The molecule has 0 radical (unpaired) electrons. The first-order valence-corrected chi connectivity index (χ1v) is 8.64. The number of rotatable bonds is 2. The zero-order valence-electron chi connectivity index (χ0n) is 13.9. The summed E-state index contributed by atoms with van der Waals surface area (Å²) in [6.07, 6.45) is 4.48. The maximum atomic E-state index is 2.29. The standard InChI is InChI=1S/C20H20N2S/c1-13-5-7-17-15(9-13)19(11-21(17)3)23-20-12-22(4)18-8-6-14(2)10-16(18)20/h5-12H,1-4H3. The van der Waals surface area contributed by atoms with Crippen LogP contribution in [0.1, 0.15) is 11.1 Å². The van der Waals surface area contributed by atoms with Crippen LogP contribution in [0.5, 0.6) is 0 Å². The van der Waals surface area contributed by atoms with Crippen LogP contribution in [0.4, 0.5) is 0 Å². The third kappa shape index (κ3) is 2.36. The average Bonchev–Trinajstić information content (AvgIpc) is 2.97. The quantitative estimate of drug-likeness (QED) is 0.478. The maximum absolute atomic E-state index is 2.29. The lowest BCUT2D eigenvalue weighted by Gasteiger charge is -2.00. The second-order valence-electron chi connectivity index (χ2n) is 6.35. The Kier molecular flexibility index (Phi) is 3.27. The van der Waals surface area contributed by atoms with Gasteiger partial charge in [-0.05, 0) is 38.1 Å². The predicted molar refractivity (Wildman–Crippen MR) is 99.4 cm³/mol. The van der Waals surface area contributed by atoms with Crippen LogP contribution in [-0.4, -0.2) is 9.13 Å². The second kappa shape index (κ2) is 5.20. The molecule has 116 valence electrons. The summed E-state index contributed by atoms with van der Waals surface area (Å²) < 4.78 is 4.43. The molecule has 0 aliphatic heterocycles. The van der Waals surface area contributed by atoms with Crippen molar-refractivity contribution in [1.82, 2.24) is 9.13 Å². The van der Waals surface area contributed by atoms with Gasteiger partial charge >= 0.3 is 0 Å². The molecule has 0 spiro atoms. The van der Waals surface area contributed by atoms with Gasteiger partial charge in [-0.15, -0.1) is 0 Å². The molecule has 2 aromatic heterocycles. The molecule has 0 fully saturated rings. The Labute approximate surface area is 140 Å². The molecule has 0 aliphatic carbocycles. The molecule has 0 N–H and O–H groups in total. The lowest BCUT2D eigenvalue weighted by Crippen LogP contribution is -1.82. The summed E-state index contributed by atoms with van der Waals surface area (Å²) in [7, 11) is 4.24. The largest absolute Gasteiger partial charge is 0.349 e. The van der Waals surface area contributed by atoms with Gasteiger partial charge in [0.05, 0.1) is 0 Å². The number of aryl methyl sites for hydroxylation is 4. The Bertz CT molecular complexity index is 953. The topological polar surface area (TPSA) is 9.86 Å². The smallest absolute Gasteiger partial charge is 0.0489 e.